The highest BCUT2D eigenvalue weighted by Crippen LogP contribution is 2.30. The van der Waals surface area contributed by atoms with Gasteiger partial charge in [0.15, 0.2) is 11.1 Å². The molecule has 11 heteroatoms. The van der Waals surface area contributed by atoms with Crippen molar-refractivity contribution in [2.24, 2.45) is 0 Å². The van der Waals surface area contributed by atoms with Gasteiger partial charge in [0.05, 0.1) is 29.7 Å². The molecule has 0 saturated carbocycles. The molecule has 1 atom stereocenters. The number of hydrogen-bond donors (Lipinski definition) is 4. The number of nitrogens with zero attached hydrogens (tertiary/aromatic N) is 1. The molecule has 0 aliphatic heterocycles. The molecular weight excluding hydrogens is 375 g/mol. The molecular formula is C14H14ClFN4O4S. The van der Waals surface area contributed by atoms with E-state index in [1.165, 1.54) is 37.6 Å². The van der Waals surface area contributed by atoms with Crippen molar-refractivity contribution in [2.45, 2.75) is 0 Å². The second-order valence-corrected chi connectivity index (χ2v) is 5.94. The van der Waals surface area contributed by atoms with Gasteiger partial charge >= 0.3 is 0 Å². The highest BCUT2D eigenvalue weighted by molar-refractivity contribution is 7.79. The van der Waals surface area contributed by atoms with Crippen LogP contribution in [0.15, 0.2) is 30.5 Å². The van der Waals surface area contributed by atoms with Crippen LogP contribution in [0.5, 0.6) is 0 Å². The van der Waals surface area contributed by atoms with Crippen LogP contribution in [-0.2, 0) is 15.9 Å². The number of para-hydroxylation sites is 1. The molecule has 25 heavy (non-hydrogen) atoms. The Morgan fingerprint density at radius 1 is 1.44 bits per heavy atom. The number of hydroxylamine groups is 1. The van der Waals surface area contributed by atoms with Crippen LogP contribution in [0.25, 0.3) is 0 Å². The first-order valence-corrected chi connectivity index (χ1v) is 8.43. The summed E-state index contributed by atoms with van der Waals surface area (Å²) in [5, 5.41) is 5.50. The third-order valence-electron chi connectivity index (χ3n) is 2.97. The summed E-state index contributed by atoms with van der Waals surface area (Å²) < 4.78 is 33.7. The van der Waals surface area contributed by atoms with Crippen LogP contribution in [0.4, 0.5) is 21.5 Å². The molecule has 0 saturated heterocycles. The Morgan fingerprint density at radius 3 is 2.88 bits per heavy atom. The van der Waals surface area contributed by atoms with Gasteiger partial charge in [0.1, 0.15) is 16.8 Å². The van der Waals surface area contributed by atoms with Gasteiger partial charge in [-0.2, -0.15) is 0 Å². The van der Waals surface area contributed by atoms with Crippen molar-refractivity contribution >= 4 is 45.7 Å². The number of amides is 1. The van der Waals surface area contributed by atoms with Gasteiger partial charge in [-0.3, -0.25) is 9.63 Å². The largest absolute Gasteiger partial charge is 0.368 e. The highest BCUT2D eigenvalue weighted by atomic mass is 35.5. The summed E-state index contributed by atoms with van der Waals surface area (Å²) in [4.78, 5) is 20.4. The van der Waals surface area contributed by atoms with Crippen LogP contribution in [-0.4, -0.2) is 32.6 Å². The van der Waals surface area contributed by atoms with Crippen molar-refractivity contribution in [2.75, 3.05) is 23.6 Å². The summed E-state index contributed by atoms with van der Waals surface area (Å²) in [6.45, 7) is 0. The summed E-state index contributed by atoms with van der Waals surface area (Å²) in [5.74, 6) is -1.60. The van der Waals surface area contributed by atoms with E-state index in [9.17, 15) is 13.4 Å². The smallest absolute Gasteiger partial charge is 0.278 e. The van der Waals surface area contributed by atoms with Gasteiger partial charge < -0.3 is 15.2 Å². The molecule has 134 valence electrons. The van der Waals surface area contributed by atoms with E-state index in [4.69, 9.17) is 16.2 Å². The molecule has 1 aromatic carbocycles. The SMILES string of the molecule is CONC(=O)c1cnc(Cl)cc1Nc1cccc(F)c1NCS(=O)O. The summed E-state index contributed by atoms with van der Waals surface area (Å²) >= 11 is 3.70. The van der Waals surface area contributed by atoms with Crippen molar-refractivity contribution in [3.8, 4) is 0 Å². The van der Waals surface area contributed by atoms with Crippen molar-refractivity contribution in [1.82, 2.24) is 10.5 Å². The molecule has 0 radical (unpaired) electrons. The van der Waals surface area contributed by atoms with Crippen molar-refractivity contribution in [3.05, 3.63) is 47.0 Å². The second-order valence-electron chi connectivity index (χ2n) is 4.62. The first kappa shape index (κ1) is 19.1. The average molecular weight is 389 g/mol. The minimum absolute atomic E-state index is 0.0315. The van der Waals surface area contributed by atoms with Gasteiger partial charge in [0.25, 0.3) is 5.91 Å². The van der Waals surface area contributed by atoms with E-state index in [1.807, 2.05) is 0 Å². The molecule has 8 nitrogen and oxygen atoms in total. The van der Waals surface area contributed by atoms with Gasteiger partial charge in [-0.05, 0) is 18.2 Å². The summed E-state index contributed by atoms with van der Waals surface area (Å²) in [6, 6.07) is 5.53. The van der Waals surface area contributed by atoms with E-state index >= 15 is 0 Å². The predicted molar refractivity (Wildman–Crippen MR) is 92.7 cm³/mol. The lowest BCUT2D eigenvalue weighted by Crippen LogP contribution is -2.23. The molecule has 0 spiro atoms. The number of nitrogens with one attached hydrogen (secondary N) is 3. The third-order valence-corrected chi connectivity index (χ3v) is 3.56. The molecule has 1 unspecified atom stereocenters. The molecule has 1 aromatic heterocycles. The lowest BCUT2D eigenvalue weighted by molar-refractivity contribution is 0.0538. The Bertz CT molecular complexity index is 808. The van der Waals surface area contributed by atoms with Gasteiger partial charge in [0, 0.05) is 6.20 Å². The van der Waals surface area contributed by atoms with E-state index in [0.29, 0.717) is 0 Å². The minimum atomic E-state index is -2.16. The van der Waals surface area contributed by atoms with E-state index < -0.39 is 22.8 Å². The second kappa shape index (κ2) is 8.72. The first-order chi connectivity index (χ1) is 11.9. The van der Waals surface area contributed by atoms with Crippen LogP contribution in [0.2, 0.25) is 5.15 Å². The highest BCUT2D eigenvalue weighted by Gasteiger charge is 2.16. The molecule has 0 fully saturated rings. The molecule has 0 bridgehead atoms. The van der Waals surface area contributed by atoms with Crippen molar-refractivity contribution in [1.29, 1.82) is 0 Å². The normalized spacial score (nSPS) is 11.7. The van der Waals surface area contributed by atoms with Crippen LogP contribution in [0.3, 0.4) is 0 Å². The van der Waals surface area contributed by atoms with Gasteiger partial charge in [-0.15, -0.1) is 0 Å². The number of pyridine rings is 1. The van der Waals surface area contributed by atoms with E-state index in [1.54, 1.807) is 0 Å². The maximum absolute atomic E-state index is 14.0. The van der Waals surface area contributed by atoms with E-state index in [0.717, 1.165) is 0 Å². The van der Waals surface area contributed by atoms with Crippen LogP contribution >= 0.6 is 11.6 Å². The molecule has 0 aliphatic rings. The molecule has 2 rings (SSSR count). The molecule has 1 amide bonds. The van der Waals surface area contributed by atoms with Crippen LogP contribution in [0.1, 0.15) is 10.4 Å². The Morgan fingerprint density at radius 2 is 2.20 bits per heavy atom. The fourth-order valence-corrected chi connectivity index (χ4v) is 2.37. The number of rotatable bonds is 7. The summed E-state index contributed by atoms with van der Waals surface area (Å²) in [6.07, 6.45) is 1.23. The maximum Gasteiger partial charge on any atom is 0.278 e. The number of anilines is 3. The standard InChI is InChI=1S/C14H14ClFN4O4S/c1-24-20-14(21)8-6-17-12(15)5-11(8)19-10-4-2-3-9(16)13(10)18-7-25(22)23/h2-6,18H,7H2,1H3,(H,17,19)(H,20,21)(H,22,23). The number of carbonyl (C=O) groups excluding carboxylic acids is 1. The minimum Gasteiger partial charge on any atom is -0.368 e. The quantitative estimate of drug-likeness (QED) is 0.327. The Labute approximate surface area is 150 Å². The average Bonchev–Trinajstić information content (AvgIpc) is 2.54. The number of benzene rings is 1. The number of aromatic nitrogens is 1. The lowest BCUT2D eigenvalue weighted by atomic mass is 10.2. The summed E-state index contributed by atoms with van der Waals surface area (Å²) in [7, 11) is 1.28. The van der Waals surface area contributed by atoms with E-state index in [-0.39, 0.29) is 33.7 Å². The number of hydrogen-bond acceptors (Lipinski definition) is 6. The number of halogens is 2. The maximum atomic E-state index is 14.0. The predicted octanol–water partition coefficient (Wildman–Crippen LogP) is 2.50. The topological polar surface area (TPSA) is 113 Å². The fraction of sp³-hybridized carbons (Fsp3) is 0.143. The molecule has 1 heterocycles. The first-order valence-electron chi connectivity index (χ1n) is 6.78. The lowest BCUT2D eigenvalue weighted by Gasteiger charge is -2.16. The van der Waals surface area contributed by atoms with Crippen molar-refractivity contribution in [3.63, 3.8) is 0 Å². The molecule has 0 aliphatic carbocycles. The van der Waals surface area contributed by atoms with Gasteiger partial charge in [-0.1, -0.05) is 17.7 Å². The zero-order valence-electron chi connectivity index (χ0n) is 12.9. The van der Waals surface area contributed by atoms with Crippen LogP contribution < -0.4 is 16.1 Å². The van der Waals surface area contributed by atoms with Crippen LogP contribution in [0, 0.1) is 5.82 Å². The summed E-state index contributed by atoms with van der Waals surface area (Å²) in [5.41, 5.74) is 2.70. The van der Waals surface area contributed by atoms with E-state index in [2.05, 4.69) is 25.9 Å². The Kier molecular flexibility index (Phi) is 6.65. The third kappa shape index (κ3) is 5.10. The molecule has 2 aromatic rings. The number of carbonyl (C=O) groups is 1. The Balaban J connectivity index is 2.39. The van der Waals surface area contributed by atoms with Crippen molar-refractivity contribution < 1.29 is 22.8 Å². The monoisotopic (exact) mass is 388 g/mol. The zero-order chi connectivity index (χ0) is 18.4. The Hall–Kier alpha value is -2.27. The van der Waals surface area contributed by atoms with Gasteiger partial charge in [-0.25, -0.2) is 19.1 Å². The van der Waals surface area contributed by atoms with Gasteiger partial charge in [0.2, 0.25) is 0 Å². The fourth-order valence-electron chi connectivity index (χ4n) is 1.95. The zero-order valence-corrected chi connectivity index (χ0v) is 14.4. The molecule has 4 N–H and O–H groups in total.